The monoisotopic (exact) mass is 536 g/mol. The number of hydrogen-bond donors (Lipinski definition) is 0. The standard InChI is InChI=1S/C38H24N4/c1-2-11-25(12-3-1)27-16-10-17-30(23-27)36-40-37(34-22-21-26-13-6-9-20-33(26)39-34)42-38(41-36)35-31-18-7-4-14-28(31)24-29-15-5-8-19-32(29)35/h1-24H. The maximum atomic E-state index is 5.15. The number of fused-ring (bicyclic) bond motifs is 3. The number of aromatic nitrogens is 4. The molecule has 0 amide bonds. The van der Waals surface area contributed by atoms with Gasteiger partial charge in [0.25, 0.3) is 0 Å². The molecule has 6 aromatic carbocycles. The van der Waals surface area contributed by atoms with Crippen molar-refractivity contribution in [2.75, 3.05) is 0 Å². The number of benzene rings is 6. The smallest absolute Gasteiger partial charge is 0.182 e. The van der Waals surface area contributed by atoms with Gasteiger partial charge in [0.2, 0.25) is 0 Å². The van der Waals surface area contributed by atoms with Crippen molar-refractivity contribution in [2.24, 2.45) is 0 Å². The van der Waals surface area contributed by atoms with Crippen LogP contribution in [-0.2, 0) is 0 Å². The van der Waals surface area contributed by atoms with E-state index in [1.165, 1.54) is 0 Å². The van der Waals surface area contributed by atoms with Crippen LogP contribution in [0.4, 0.5) is 0 Å². The molecule has 196 valence electrons. The largest absolute Gasteiger partial charge is 0.244 e. The van der Waals surface area contributed by atoms with Crippen LogP contribution in [-0.4, -0.2) is 19.9 Å². The van der Waals surface area contributed by atoms with Crippen LogP contribution in [0.3, 0.4) is 0 Å². The number of pyridine rings is 1. The minimum absolute atomic E-state index is 0.544. The number of rotatable bonds is 4. The van der Waals surface area contributed by atoms with E-state index in [0.717, 1.165) is 54.7 Å². The molecule has 4 nitrogen and oxygen atoms in total. The third kappa shape index (κ3) is 4.27. The molecule has 0 N–H and O–H groups in total. The van der Waals surface area contributed by atoms with E-state index in [0.29, 0.717) is 23.2 Å². The molecule has 0 bridgehead atoms. The third-order valence-electron chi connectivity index (χ3n) is 7.69. The highest BCUT2D eigenvalue weighted by Gasteiger charge is 2.18. The Hall–Kier alpha value is -5.74. The summed E-state index contributed by atoms with van der Waals surface area (Å²) in [6, 6.07) is 50.0. The van der Waals surface area contributed by atoms with Gasteiger partial charge in [-0.3, -0.25) is 0 Å². The Morgan fingerprint density at radius 3 is 1.71 bits per heavy atom. The minimum Gasteiger partial charge on any atom is -0.244 e. The first kappa shape index (κ1) is 24.1. The van der Waals surface area contributed by atoms with Gasteiger partial charge in [0.1, 0.15) is 5.69 Å². The predicted octanol–water partition coefficient (Wildman–Crippen LogP) is 9.39. The van der Waals surface area contributed by atoms with Crippen LogP contribution < -0.4 is 0 Å². The minimum atomic E-state index is 0.544. The van der Waals surface area contributed by atoms with Gasteiger partial charge in [-0.2, -0.15) is 0 Å². The Morgan fingerprint density at radius 1 is 0.333 bits per heavy atom. The molecule has 0 radical (unpaired) electrons. The summed E-state index contributed by atoms with van der Waals surface area (Å²) < 4.78 is 0. The molecule has 2 heterocycles. The van der Waals surface area contributed by atoms with E-state index in [1.807, 2.05) is 30.3 Å². The van der Waals surface area contributed by atoms with Crippen molar-refractivity contribution in [2.45, 2.75) is 0 Å². The van der Waals surface area contributed by atoms with Gasteiger partial charge in [-0.1, -0.05) is 121 Å². The zero-order valence-electron chi connectivity index (χ0n) is 22.6. The molecule has 42 heavy (non-hydrogen) atoms. The summed E-state index contributed by atoms with van der Waals surface area (Å²) in [6.07, 6.45) is 0. The zero-order valence-corrected chi connectivity index (χ0v) is 22.6. The van der Waals surface area contributed by atoms with Crippen molar-refractivity contribution >= 4 is 32.4 Å². The molecule has 2 aromatic heterocycles. The van der Waals surface area contributed by atoms with E-state index >= 15 is 0 Å². The van der Waals surface area contributed by atoms with E-state index in [4.69, 9.17) is 19.9 Å². The van der Waals surface area contributed by atoms with Gasteiger partial charge in [0.15, 0.2) is 17.5 Å². The molecule has 0 atom stereocenters. The normalized spacial score (nSPS) is 11.3. The summed E-state index contributed by atoms with van der Waals surface area (Å²) >= 11 is 0. The van der Waals surface area contributed by atoms with Crippen molar-refractivity contribution in [1.82, 2.24) is 19.9 Å². The molecule has 4 heteroatoms. The van der Waals surface area contributed by atoms with Crippen molar-refractivity contribution < 1.29 is 0 Å². The summed E-state index contributed by atoms with van der Waals surface area (Å²) in [4.78, 5) is 20.2. The molecule has 0 aliphatic carbocycles. The fourth-order valence-electron chi connectivity index (χ4n) is 5.65. The molecule has 0 saturated carbocycles. The summed E-state index contributed by atoms with van der Waals surface area (Å²) in [7, 11) is 0. The van der Waals surface area contributed by atoms with Crippen LogP contribution in [0.1, 0.15) is 0 Å². The van der Waals surface area contributed by atoms with Crippen molar-refractivity contribution in [3.63, 3.8) is 0 Å². The van der Waals surface area contributed by atoms with Crippen LogP contribution in [0.5, 0.6) is 0 Å². The highest BCUT2D eigenvalue weighted by atomic mass is 15.0. The Bertz CT molecular complexity index is 2200. The van der Waals surface area contributed by atoms with Gasteiger partial charge in [-0.05, 0) is 56.9 Å². The first-order chi connectivity index (χ1) is 20.8. The molecule has 0 spiro atoms. The predicted molar refractivity (Wildman–Crippen MR) is 172 cm³/mol. The van der Waals surface area contributed by atoms with E-state index < -0.39 is 0 Å². The van der Waals surface area contributed by atoms with Gasteiger partial charge in [-0.25, -0.2) is 19.9 Å². The van der Waals surface area contributed by atoms with Crippen LogP contribution in [0.25, 0.3) is 77.9 Å². The van der Waals surface area contributed by atoms with Gasteiger partial charge >= 0.3 is 0 Å². The summed E-state index contributed by atoms with van der Waals surface area (Å²) in [5, 5.41) is 5.56. The van der Waals surface area contributed by atoms with Crippen LogP contribution in [0, 0.1) is 0 Å². The lowest BCUT2D eigenvalue weighted by Gasteiger charge is -2.13. The fourth-order valence-corrected chi connectivity index (χ4v) is 5.65. The molecule has 0 saturated heterocycles. The molecule has 0 unspecified atom stereocenters. The zero-order chi connectivity index (χ0) is 27.9. The molecule has 0 fully saturated rings. The highest BCUT2D eigenvalue weighted by Crippen LogP contribution is 2.36. The Labute approximate surface area is 243 Å². The number of para-hydroxylation sites is 1. The molecular weight excluding hydrogens is 512 g/mol. The molecular formula is C38H24N4. The van der Waals surface area contributed by atoms with Crippen LogP contribution in [0.2, 0.25) is 0 Å². The van der Waals surface area contributed by atoms with E-state index in [1.54, 1.807) is 0 Å². The highest BCUT2D eigenvalue weighted by molar-refractivity contribution is 6.11. The molecule has 0 aliphatic rings. The van der Waals surface area contributed by atoms with Crippen molar-refractivity contribution in [3.8, 4) is 45.4 Å². The average Bonchev–Trinajstić information content (AvgIpc) is 3.07. The lowest BCUT2D eigenvalue weighted by atomic mass is 9.96. The lowest BCUT2D eigenvalue weighted by Crippen LogP contribution is -2.02. The summed E-state index contributed by atoms with van der Waals surface area (Å²) in [5.74, 6) is 1.78. The lowest BCUT2D eigenvalue weighted by molar-refractivity contribution is 1.07. The maximum Gasteiger partial charge on any atom is 0.182 e. The van der Waals surface area contributed by atoms with Gasteiger partial charge in [-0.15, -0.1) is 0 Å². The topological polar surface area (TPSA) is 51.6 Å². The fraction of sp³-hybridized carbons (Fsp3) is 0. The van der Waals surface area contributed by atoms with E-state index in [9.17, 15) is 0 Å². The van der Waals surface area contributed by atoms with Crippen LogP contribution in [0.15, 0.2) is 146 Å². The first-order valence-corrected chi connectivity index (χ1v) is 14.0. The van der Waals surface area contributed by atoms with Crippen molar-refractivity contribution in [1.29, 1.82) is 0 Å². The quantitative estimate of drug-likeness (QED) is 0.210. The van der Waals surface area contributed by atoms with Crippen molar-refractivity contribution in [3.05, 3.63) is 146 Å². The van der Waals surface area contributed by atoms with Crippen LogP contribution >= 0.6 is 0 Å². The van der Waals surface area contributed by atoms with Gasteiger partial charge in [0.05, 0.1) is 5.52 Å². The molecule has 0 aliphatic heterocycles. The Balaban J connectivity index is 1.41. The van der Waals surface area contributed by atoms with Gasteiger partial charge in [0, 0.05) is 16.5 Å². The van der Waals surface area contributed by atoms with Gasteiger partial charge < -0.3 is 0 Å². The maximum absolute atomic E-state index is 5.15. The first-order valence-electron chi connectivity index (χ1n) is 14.0. The number of hydrogen-bond acceptors (Lipinski definition) is 4. The third-order valence-corrected chi connectivity index (χ3v) is 7.69. The molecule has 8 rings (SSSR count). The molecule has 8 aromatic rings. The second kappa shape index (κ2) is 10.0. The Kier molecular flexibility index (Phi) is 5.75. The summed E-state index contributed by atoms with van der Waals surface area (Å²) in [5.41, 5.74) is 5.78. The second-order valence-electron chi connectivity index (χ2n) is 10.3. The second-order valence-corrected chi connectivity index (χ2v) is 10.3. The van der Waals surface area contributed by atoms with E-state index in [2.05, 4.69) is 115 Å². The SMILES string of the molecule is c1ccc(-c2cccc(-c3nc(-c4ccc5ccccc5n4)nc(-c4c5ccccc5cc5ccccc45)n3)c2)cc1. The summed E-state index contributed by atoms with van der Waals surface area (Å²) in [6.45, 7) is 0. The average molecular weight is 537 g/mol. The van der Waals surface area contributed by atoms with E-state index in [-0.39, 0.29) is 0 Å². The Morgan fingerprint density at radius 2 is 0.929 bits per heavy atom. The number of nitrogens with zero attached hydrogens (tertiary/aromatic N) is 4.